The first-order valence-electron chi connectivity index (χ1n) is 6.17. The van der Waals surface area contributed by atoms with Crippen LogP contribution in [0.5, 0.6) is 0 Å². The summed E-state index contributed by atoms with van der Waals surface area (Å²) in [4.78, 5) is 24.1. The molecule has 0 aromatic carbocycles. The largest absolute Gasteiger partial charge is 0.466 e. The zero-order valence-corrected chi connectivity index (χ0v) is 12.4. The van der Waals surface area contributed by atoms with Gasteiger partial charge in [-0.3, -0.25) is 0 Å². The maximum absolute atomic E-state index is 12.0. The molecule has 0 fully saturated rings. The summed E-state index contributed by atoms with van der Waals surface area (Å²) in [6.45, 7) is 0. The number of hydrogen-bond acceptors (Lipinski definition) is 4. The van der Waals surface area contributed by atoms with Crippen molar-refractivity contribution in [1.29, 1.82) is 0 Å². The number of rotatable bonds is 2. The molecule has 106 valence electrons. The minimum Gasteiger partial charge on any atom is -0.466 e. The summed E-state index contributed by atoms with van der Waals surface area (Å²) >= 11 is 12.3. The highest BCUT2D eigenvalue weighted by molar-refractivity contribution is 6.41. The van der Waals surface area contributed by atoms with Crippen LogP contribution in [0.15, 0.2) is 33.4 Å². The fraction of sp³-hybridized carbons (Fsp3) is 0.429. The van der Waals surface area contributed by atoms with Crippen LogP contribution in [0.25, 0.3) is 0 Å². The Morgan fingerprint density at radius 3 is 1.55 bits per heavy atom. The molecule has 0 radical (unpaired) electrons. The molecule has 4 atom stereocenters. The molecule has 0 aliphatic heterocycles. The molecule has 4 rings (SSSR count). The van der Waals surface area contributed by atoms with E-state index in [0.29, 0.717) is 21.2 Å². The van der Waals surface area contributed by atoms with Crippen LogP contribution in [0.3, 0.4) is 0 Å². The van der Waals surface area contributed by atoms with Gasteiger partial charge in [0.25, 0.3) is 0 Å². The number of carbonyl (C=O) groups excluding carboxylic acids is 2. The SMILES string of the molecule is COC(=O)C1=C(C(=O)OC)[C@@H]2C=C[C@H]1[C@H]1C(Cl)=C(Cl)[C@@H]12. The smallest absolute Gasteiger partial charge is 0.334 e. The second-order valence-corrected chi connectivity index (χ2v) is 5.81. The number of carbonyl (C=O) groups is 2. The summed E-state index contributed by atoms with van der Waals surface area (Å²) in [5.74, 6) is -1.67. The molecule has 4 aliphatic carbocycles. The van der Waals surface area contributed by atoms with Crippen molar-refractivity contribution in [2.45, 2.75) is 0 Å². The topological polar surface area (TPSA) is 52.6 Å². The Kier molecular flexibility index (Phi) is 3.18. The van der Waals surface area contributed by atoms with Gasteiger partial charge >= 0.3 is 11.9 Å². The molecule has 0 spiro atoms. The standard InChI is InChI=1S/C14H12Cl2O4/c1-19-13(17)9-5-3-4-6(10(9)14(18)20-2)8-7(5)11(15)12(8)16/h3-8H,1-2H3/t5-,6+,7-,8-/m1/s1. The summed E-state index contributed by atoms with van der Waals surface area (Å²) in [5.41, 5.74) is 0.686. The second-order valence-electron chi connectivity index (χ2n) is 4.99. The molecule has 0 aromatic heterocycles. The third-order valence-corrected chi connectivity index (χ3v) is 5.28. The zero-order chi connectivity index (χ0) is 14.6. The Balaban J connectivity index is 2.13. The quantitative estimate of drug-likeness (QED) is 0.580. The first-order chi connectivity index (χ1) is 9.52. The normalized spacial score (nSPS) is 33.8. The van der Waals surface area contributed by atoms with Crippen molar-refractivity contribution in [3.8, 4) is 0 Å². The van der Waals surface area contributed by atoms with E-state index in [0.717, 1.165) is 0 Å². The van der Waals surface area contributed by atoms with E-state index in [4.69, 9.17) is 32.7 Å². The Hall–Kier alpha value is -1.26. The van der Waals surface area contributed by atoms with E-state index >= 15 is 0 Å². The Morgan fingerprint density at radius 2 is 1.25 bits per heavy atom. The fourth-order valence-electron chi connectivity index (χ4n) is 3.40. The number of esters is 2. The van der Waals surface area contributed by atoms with Crippen molar-refractivity contribution < 1.29 is 19.1 Å². The van der Waals surface area contributed by atoms with Crippen LogP contribution in [0.4, 0.5) is 0 Å². The van der Waals surface area contributed by atoms with Gasteiger partial charge in [0.15, 0.2) is 0 Å². The zero-order valence-electron chi connectivity index (χ0n) is 10.9. The predicted molar refractivity (Wildman–Crippen MR) is 72.9 cm³/mol. The fourth-order valence-corrected chi connectivity index (χ4v) is 4.20. The lowest BCUT2D eigenvalue weighted by molar-refractivity contribution is -0.141. The van der Waals surface area contributed by atoms with E-state index in [-0.39, 0.29) is 23.7 Å². The molecule has 0 saturated heterocycles. The van der Waals surface area contributed by atoms with E-state index < -0.39 is 11.9 Å². The van der Waals surface area contributed by atoms with E-state index in [1.54, 1.807) is 0 Å². The average molecular weight is 315 g/mol. The van der Waals surface area contributed by atoms with E-state index in [1.165, 1.54) is 14.2 Å². The number of halogens is 2. The highest BCUT2D eigenvalue weighted by atomic mass is 35.5. The lowest BCUT2D eigenvalue weighted by Gasteiger charge is -2.51. The summed E-state index contributed by atoms with van der Waals surface area (Å²) in [6, 6.07) is 0. The van der Waals surface area contributed by atoms with Crippen molar-refractivity contribution >= 4 is 35.1 Å². The highest BCUT2D eigenvalue weighted by Gasteiger charge is 2.57. The molecule has 0 saturated carbocycles. The van der Waals surface area contributed by atoms with Gasteiger partial charge in [-0.2, -0.15) is 0 Å². The number of ether oxygens (including phenoxy) is 2. The molecule has 0 heterocycles. The molecule has 0 unspecified atom stereocenters. The van der Waals surface area contributed by atoms with Gasteiger partial charge in [0.2, 0.25) is 0 Å². The van der Waals surface area contributed by atoms with E-state index in [1.807, 2.05) is 12.2 Å². The van der Waals surface area contributed by atoms with Crippen LogP contribution >= 0.6 is 23.2 Å². The lowest BCUT2D eigenvalue weighted by atomic mass is 9.55. The first kappa shape index (κ1) is 13.7. The number of methoxy groups -OCH3 is 2. The molecule has 0 N–H and O–H groups in total. The predicted octanol–water partition coefficient (Wildman–Crippen LogP) is 2.38. The Bertz CT molecular complexity index is 552. The Morgan fingerprint density at radius 1 is 0.900 bits per heavy atom. The summed E-state index contributed by atoms with van der Waals surface area (Å²) in [6.07, 6.45) is 3.80. The first-order valence-corrected chi connectivity index (χ1v) is 6.92. The summed E-state index contributed by atoms with van der Waals surface area (Å²) in [7, 11) is 2.58. The van der Waals surface area contributed by atoms with Crippen LogP contribution in [0.1, 0.15) is 0 Å². The van der Waals surface area contributed by atoms with E-state index in [9.17, 15) is 9.59 Å². The lowest BCUT2D eigenvalue weighted by Crippen LogP contribution is -2.48. The molecule has 20 heavy (non-hydrogen) atoms. The van der Waals surface area contributed by atoms with Gasteiger partial charge in [-0.15, -0.1) is 0 Å². The van der Waals surface area contributed by atoms with Crippen LogP contribution in [0.2, 0.25) is 0 Å². The maximum atomic E-state index is 12.0. The van der Waals surface area contributed by atoms with Crippen molar-refractivity contribution in [3.05, 3.63) is 33.4 Å². The molecule has 0 amide bonds. The van der Waals surface area contributed by atoms with Gasteiger partial charge in [0.05, 0.1) is 25.4 Å². The van der Waals surface area contributed by atoms with Gasteiger partial charge in [-0.1, -0.05) is 35.4 Å². The number of allylic oxidation sites excluding steroid dienone is 4. The highest BCUT2D eigenvalue weighted by Crippen LogP contribution is 2.62. The Labute approximate surface area is 126 Å². The van der Waals surface area contributed by atoms with Gasteiger partial charge in [-0.05, 0) is 0 Å². The molecule has 0 aromatic rings. The van der Waals surface area contributed by atoms with Crippen LogP contribution in [-0.4, -0.2) is 26.2 Å². The molecular formula is C14H12Cl2O4. The van der Waals surface area contributed by atoms with Crippen molar-refractivity contribution in [2.75, 3.05) is 14.2 Å². The third kappa shape index (κ3) is 1.55. The monoisotopic (exact) mass is 314 g/mol. The summed E-state index contributed by atoms with van der Waals surface area (Å²) in [5, 5.41) is 1.14. The third-order valence-electron chi connectivity index (χ3n) is 4.27. The number of hydrogen-bond donors (Lipinski definition) is 0. The van der Waals surface area contributed by atoms with Crippen molar-refractivity contribution in [2.24, 2.45) is 23.7 Å². The minimum absolute atomic E-state index is 0.0401. The minimum atomic E-state index is -0.518. The van der Waals surface area contributed by atoms with Gasteiger partial charge in [0.1, 0.15) is 0 Å². The maximum Gasteiger partial charge on any atom is 0.334 e. The molecular weight excluding hydrogens is 303 g/mol. The molecule has 6 heteroatoms. The van der Waals surface area contributed by atoms with Crippen LogP contribution < -0.4 is 0 Å². The van der Waals surface area contributed by atoms with Gasteiger partial charge in [-0.25, -0.2) is 9.59 Å². The van der Waals surface area contributed by atoms with Crippen molar-refractivity contribution in [1.82, 2.24) is 0 Å². The molecule has 2 bridgehead atoms. The average Bonchev–Trinajstić information content (AvgIpc) is 2.50. The van der Waals surface area contributed by atoms with E-state index in [2.05, 4.69) is 0 Å². The molecule has 4 aliphatic rings. The van der Waals surface area contributed by atoms with Gasteiger partial charge < -0.3 is 9.47 Å². The summed E-state index contributed by atoms with van der Waals surface area (Å²) < 4.78 is 9.61. The van der Waals surface area contributed by atoms with Crippen LogP contribution in [0, 0.1) is 23.7 Å². The van der Waals surface area contributed by atoms with Crippen LogP contribution in [-0.2, 0) is 19.1 Å². The second kappa shape index (κ2) is 4.64. The van der Waals surface area contributed by atoms with Crippen molar-refractivity contribution in [3.63, 3.8) is 0 Å². The molecule has 4 nitrogen and oxygen atoms in total. The van der Waals surface area contributed by atoms with Gasteiger partial charge in [0, 0.05) is 33.7 Å².